The van der Waals surface area contributed by atoms with Gasteiger partial charge in [0.2, 0.25) is 0 Å². The van der Waals surface area contributed by atoms with Gasteiger partial charge >= 0.3 is 0 Å². The van der Waals surface area contributed by atoms with Crippen LogP contribution in [0.5, 0.6) is 0 Å². The van der Waals surface area contributed by atoms with Crippen LogP contribution >= 0.6 is 11.3 Å². The molecule has 0 spiro atoms. The molecule has 0 atom stereocenters. The lowest BCUT2D eigenvalue weighted by Gasteiger charge is -2.01. The molecule has 2 aromatic heterocycles. The largest absolute Gasteiger partial charge is 0.464 e. The maximum absolute atomic E-state index is 5.52. The van der Waals surface area contributed by atoms with E-state index in [1.54, 1.807) is 11.3 Å². The number of nitrogens with zero attached hydrogens (tertiary/aromatic N) is 1. The van der Waals surface area contributed by atoms with Crippen molar-refractivity contribution in [3.63, 3.8) is 0 Å². The molecule has 2 heterocycles. The minimum Gasteiger partial charge on any atom is -0.464 e. The van der Waals surface area contributed by atoms with Crippen molar-refractivity contribution < 1.29 is 4.42 Å². The molecule has 4 heteroatoms. The van der Waals surface area contributed by atoms with E-state index >= 15 is 0 Å². The summed E-state index contributed by atoms with van der Waals surface area (Å²) in [6, 6.07) is 8.13. The molecule has 0 fully saturated rings. The summed E-state index contributed by atoms with van der Waals surface area (Å²) in [4.78, 5) is 4.46. The van der Waals surface area contributed by atoms with Crippen molar-refractivity contribution in [2.24, 2.45) is 0 Å². The molecule has 19 heavy (non-hydrogen) atoms. The lowest BCUT2D eigenvalue weighted by Crippen LogP contribution is -2.16. The summed E-state index contributed by atoms with van der Waals surface area (Å²) in [5.41, 5.74) is 3.34. The van der Waals surface area contributed by atoms with Crippen LogP contribution in [-0.2, 0) is 13.0 Å². The summed E-state index contributed by atoms with van der Waals surface area (Å²) >= 11 is 1.71. The fourth-order valence-electron chi connectivity index (χ4n) is 2.13. The van der Waals surface area contributed by atoms with Crippen LogP contribution in [0.2, 0.25) is 0 Å². The SMILES string of the molecule is Cc1nc(CCNCc2coc3ccccc23)cs1. The summed E-state index contributed by atoms with van der Waals surface area (Å²) < 4.78 is 5.52. The number of fused-ring (bicyclic) bond motifs is 1. The Kier molecular flexibility index (Phi) is 3.62. The van der Waals surface area contributed by atoms with Gasteiger partial charge in [0.1, 0.15) is 5.58 Å². The minimum atomic E-state index is 0.833. The van der Waals surface area contributed by atoms with Gasteiger partial charge in [-0.1, -0.05) is 18.2 Å². The third kappa shape index (κ3) is 2.85. The van der Waals surface area contributed by atoms with Gasteiger partial charge in [-0.05, 0) is 13.0 Å². The number of aromatic nitrogens is 1. The van der Waals surface area contributed by atoms with Crippen molar-refractivity contribution in [3.05, 3.63) is 52.2 Å². The van der Waals surface area contributed by atoms with Gasteiger partial charge in [-0.15, -0.1) is 11.3 Å². The predicted octanol–water partition coefficient (Wildman–Crippen LogP) is 3.53. The lowest BCUT2D eigenvalue weighted by atomic mass is 10.2. The highest BCUT2D eigenvalue weighted by atomic mass is 32.1. The van der Waals surface area contributed by atoms with E-state index in [2.05, 4.69) is 21.7 Å². The van der Waals surface area contributed by atoms with Gasteiger partial charge in [-0.2, -0.15) is 0 Å². The van der Waals surface area contributed by atoms with Crippen molar-refractivity contribution in [1.29, 1.82) is 0 Å². The van der Waals surface area contributed by atoms with Gasteiger partial charge < -0.3 is 9.73 Å². The zero-order valence-electron chi connectivity index (χ0n) is 10.8. The molecule has 1 N–H and O–H groups in total. The van der Waals surface area contributed by atoms with Gasteiger partial charge in [-0.3, -0.25) is 0 Å². The third-order valence-electron chi connectivity index (χ3n) is 3.10. The van der Waals surface area contributed by atoms with E-state index in [0.29, 0.717) is 0 Å². The molecule has 3 rings (SSSR count). The number of hydrogen-bond donors (Lipinski definition) is 1. The molecule has 3 aromatic rings. The predicted molar refractivity (Wildman–Crippen MR) is 78.5 cm³/mol. The molecule has 0 saturated carbocycles. The Balaban J connectivity index is 1.55. The molecule has 0 saturated heterocycles. The number of hydrogen-bond acceptors (Lipinski definition) is 4. The van der Waals surface area contributed by atoms with E-state index in [1.165, 1.54) is 16.6 Å². The van der Waals surface area contributed by atoms with Gasteiger partial charge in [-0.25, -0.2) is 4.98 Å². The number of nitrogens with one attached hydrogen (secondary N) is 1. The Labute approximate surface area is 116 Å². The molecule has 0 radical (unpaired) electrons. The van der Waals surface area contributed by atoms with Gasteiger partial charge in [0.15, 0.2) is 0 Å². The molecule has 98 valence electrons. The van der Waals surface area contributed by atoms with Crippen LogP contribution in [0.1, 0.15) is 16.3 Å². The summed E-state index contributed by atoms with van der Waals surface area (Å²) in [6.45, 7) is 3.81. The number of benzene rings is 1. The van der Waals surface area contributed by atoms with Crippen LogP contribution in [0.4, 0.5) is 0 Å². The van der Waals surface area contributed by atoms with E-state index in [4.69, 9.17) is 4.42 Å². The summed E-state index contributed by atoms with van der Waals surface area (Å²) in [7, 11) is 0. The van der Waals surface area contributed by atoms with E-state index < -0.39 is 0 Å². The second kappa shape index (κ2) is 5.55. The Hall–Kier alpha value is -1.65. The number of furan rings is 1. The van der Waals surface area contributed by atoms with Crippen LogP contribution in [0, 0.1) is 6.92 Å². The molecule has 0 amide bonds. The molecule has 3 nitrogen and oxygen atoms in total. The van der Waals surface area contributed by atoms with Crippen LogP contribution in [0.3, 0.4) is 0 Å². The fourth-order valence-corrected chi connectivity index (χ4v) is 2.78. The number of thiazole rings is 1. The third-order valence-corrected chi connectivity index (χ3v) is 3.92. The van der Waals surface area contributed by atoms with E-state index in [0.717, 1.165) is 30.1 Å². The highest BCUT2D eigenvalue weighted by molar-refractivity contribution is 7.09. The number of para-hydroxylation sites is 1. The average Bonchev–Trinajstić information content (AvgIpc) is 3.02. The minimum absolute atomic E-state index is 0.833. The highest BCUT2D eigenvalue weighted by Gasteiger charge is 2.04. The van der Waals surface area contributed by atoms with E-state index in [-0.39, 0.29) is 0 Å². The van der Waals surface area contributed by atoms with Crippen molar-refractivity contribution in [2.75, 3.05) is 6.54 Å². The van der Waals surface area contributed by atoms with Crippen LogP contribution < -0.4 is 5.32 Å². The quantitative estimate of drug-likeness (QED) is 0.722. The first kappa shape index (κ1) is 12.4. The summed E-state index contributed by atoms with van der Waals surface area (Å²) in [5, 5.41) is 7.90. The molecule has 0 aliphatic heterocycles. The van der Waals surface area contributed by atoms with Crippen molar-refractivity contribution in [3.8, 4) is 0 Å². The number of aryl methyl sites for hydroxylation is 1. The monoisotopic (exact) mass is 272 g/mol. The standard InChI is InChI=1S/C15H16N2OS/c1-11-17-13(10-19-11)6-7-16-8-12-9-18-15-5-3-2-4-14(12)15/h2-5,9-10,16H,6-8H2,1H3. The molecular weight excluding hydrogens is 256 g/mol. The second-order valence-corrected chi connectivity index (χ2v) is 5.60. The molecule has 0 aliphatic rings. The zero-order chi connectivity index (χ0) is 13.1. The lowest BCUT2D eigenvalue weighted by molar-refractivity contribution is 0.602. The molecule has 0 unspecified atom stereocenters. The second-order valence-electron chi connectivity index (χ2n) is 4.54. The Morgan fingerprint density at radius 1 is 1.32 bits per heavy atom. The Morgan fingerprint density at radius 2 is 2.21 bits per heavy atom. The van der Waals surface area contributed by atoms with E-state index in [1.807, 2.05) is 31.4 Å². The van der Waals surface area contributed by atoms with Crippen LogP contribution in [0.15, 0.2) is 40.3 Å². The van der Waals surface area contributed by atoms with Crippen LogP contribution in [0.25, 0.3) is 11.0 Å². The first-order valence-electron chi connectivity index (χ1n) is 6.40. The normalized spacial score (nSPS) is 11.2. The number of rotatable bonds is 5. The highest BCUT2D eigenvalue weighted by Crippen LogP contribution is 2.20. The molecular formula is C15H16N2OS. The van der Waals surface area contributed by atoms with Crippen molar-refractivity contribution in [2.45, 2.75) is 19.9 Å². The molecule has 1 aromatic carbocycles. The summed E-state index contributed by atoms with van der Waals surface area (Å²) in [5.74, 6) is 0. The average molecular weight is 272 g/mol. The van der Waals surface area contributed by atoms with Crippen LogP contribution in [-0.4, -0.2) is 11.5 Å². The van der Waals surface area contributed by atoms with Crippen molar-refractivity contribution >= 4 is 22.3 Å². The first-order valence-corrected chi connectivity index (χ1v) is 7.28. The van der Waals surface area contributed by atoms with Gasteiger partial charge in [0.25, 0.3) is 0 Å². The van der Waals surface area contributed by atoms with Gasteiger partial charge in [0, 0.05) is 35.8 Å². The maximum atomic E-state index is 5.52. The smallest absolute Gasteiger partial charge is 0.134 e. The molecule has 0 aliphatic carbocycles. The van der Waals surface area contributed by atoms with Crippen molar-refractivity contribution in [1.82, 2.24) is 10.3 Å². The fraction of sp³-hybridized carbons (Fsp3) is 0.267. The Morgan fingerprint density at radius 3 is 3.05 bits per heavy atom. The Bertz CT molecular complexity index is 671. The topological polar surface area (TPSA) is 38.1 Å². The molecule has 0 bridgehead atoms. The maximum Gasteiger partial charge on any atom is 0.134 e. The van der Waals surface area contributed by atoms with E-state index in [9.17, 15) is 0 Å². The summed E-state index contributed by atoms with van der Waals surface area (Å²) in [6.07, 6.45) is 2.81. The van der Waals surface area contributed by atoms with Gasteiger partial charge in [0.05, 0.1) is 17.0 Å². The first-order chi connectivity index (χ1) is 9.33. The zero-order valence-corrected chi connectivity index (χ0v) is 11.7.